The average Bonchev–Trinajstić information content (AvgIpc) is 2.29. The van der Waals surface area contributed by atoms with Crippen molar-refractivity contribution in [1.29, 1.82) is 0 Å². The largest absolute Gasteiger partial charge is 0.504 e. The van der Waals surface area contributed by atoms with Crippen molar-refractivity contribution < 1.29 is 5.11 Å². The molecule has 2 N–H and O–H groups in total. The van der Waals surface area contributed by atoms with Gasteiger partial charge in [-0.05, 0) is 6.42 Å². The van der Waals surface area contributed by atoms with E-state index in [-0.39, 0.29) is 5.41 Å². The first kappa shape index (κ1) is 9.10. The van der Waals surface area contributed by atoms with Crippen molar-refractivity contribution in [3.8, 4) is 5.75 Å². The number of nitrogens with one attached hydrogen (secondary N) is 1. The van der Waals surface area contributed by atoms with Crippen molar-refractivity contribution >= 4 is 0 Å². The first-order valence-electron chi connectivity index (χ1n) is 4.23. The summed E-state index contributed by atoms with van der Waals surface area (Å²) in [4.78, 5) is 0. The Hall–Kier alpha value is -0.990. The van der Waals surface area contributed by atoms with Crippen LogP contribution in [0.15, 0.2) is 0 Å². The monoisotopic (exact) mass is 168 g/mol. The molecule has 0 atom stereocenters. The van der Waals surface area contributed by atoms with E-state index in [1.54, 1.807) is 0 Å². The fourth-order valence-corrected chi connectivity index (χ4v) is 1.14. The molecule has 0 bridgehead atoms. The molecule has 0 saturated heterocycles. The van der Waals surface area contributed by atoms with E-state index >= 15 is 0 Å². The summed E-state index contributed by atoms with van der Waals surface area (Å²) < 4.78 is 0. The molecule has 1 heterocycles. The SMILES string of the molecule is CCc1[nH]nc(C(C)(C)C)c1O. The van der Waals surface area contributed by atoms with Gasteiger partial charge in [0.15, 0.2) is 5.75 Å². The van der Waals surface area contributed by atoms with Gasteiger partial charge in [-0.1, -0.05) is 27.7 Å². The zero-order valence-electron chi connectivity index (χ0n) is 8.10. The predicted molar refractivity (Wildman–Crippen MR) is 48.3 cm³/mol. The fourth-order valence-electron chi connectivity index (χ4n) is 1.14. The van der Waals surface area contributed by atoms with E-state index < -0.39 is 0 Å². The highest BCUT2D eigenvalue weighted by Gasteiger charge is 2.22. The van der Waals surface area contributed by atoms with Gasteiger partial charge < -0.3 is 5.11 Å². The van der Waals surface area contributed by atoms with Crippen molar-refractivity contribution in [1.82, 2.24) is 10.2 Å². The highest BCUT2D eigenvalue weighted by molar-refractivity contribution is 5.35. The van der Waals surface area contributed by atoms with Gasteiger partial charge in [-0.25, -0.2) is 0 Å². The number of hydrogen-bond donors (Lipinski definition) is 2. The zero-order chi connectivity index (χ0) is 9.35. The molecule has 0 spiro atoms. The summed E-state index contributed by atoms with van der Waals surface area (Å²) in [6.45, 7) is 8.08. The molecule has 0 aromatic carbocycles. The van der Waals surface area contributed by atoms with Gasteiger partial charge in [-0.2, -0.15) is 5.10 Å². The van der Waals surface area contributed by atoms with Crippen LogP contribution in [0.2, 0.25) is 0 Å². The van der Waals surface area contributed by atoms with E-state index in [0.717, 1.165) is 17.8 Å². The van der Waals surface area contributed by atoms with Crippen LogP contribution in [0, 0.1) is 0 Å². The van der Waals surface area contributed by atoms with Gasteiger partial charge in [0.1, 0.15) is 5.69 Å². The number of aromatic hydroxyl groups is 1. The molecule has 1 aromatic heterocycles. The van der Waals surface area contributed by atoms with Crippen LogP contribution in [0.5, 0.6) is 5.75 Å². The van der Waals surface area contributed by atoms with Gasteiger partial charge >= 0.3 is 0 Å². The summed E-state index contributed by atoms with van der Waals surface area (Å²) in [5.74, 6) is 0.324. The van der Waals surface area contributed by atoms with Crippen molar-refractivity contribution in [2.75, 3.05) is 0 Å². The Balaban J connectivity index is 3.11. The maximum Gasteiger partial charge on any atom is 0.160 e. The van der Waals surface area contributed by atoms with E-state index in [1.807, 2.05) is 27.7 Å². The second-order valence-electron chi connectivity index (χ2n) is 4.00. The number of hydrogen-bond acceptors (Lipinski definition) is 2. The summed E-state index contributed by atoms with van der Waals surface area (Å²) in [6, 6.07) is 0. The quantitative estimate of drug-likeness (QED) is 0.673. The molecule has 0 aliphatic heterocycles. The van der Waals surface area contributed by atoms with Crippen molar-refractivity contribution in [3.63, 3.8) is 0 Å². The third-order valence-corrected chi connectivity index (χ3v) is 1.88. The number of nitrogens with zero attached hydrogens (tertiary/aromatic N) is 1. The van der Waals surface area contributed by atoms with Crippen LogP contribution in [0.3, 0.4) is 0 Å². The molecule has 1 aromatic rings. The summed E-state index contributed by atoms with van der Waals surface area (Å²) in [7, 11) is 0. The first-order chi connectivity index (χ1) is 5.46. The third kappa shape index (κ3) is 1.44. The van der Waals surface area contributed by atoms with Gasteiger partial charge in [0, 0.05) is 5.41 Å². The molecule has 1 rings (SSSR count). The van der Waals surface area contributed by atoms with E-state index in [1.165, 1.54) is 0 Å². The molecule has 0 amide bonds. The Kier molecular flexibility index (Phi) is 2.13. The zero-order valence-corrected chi connectivity index (χ0v) is 8.10. The van der Waals surface area contributed by atoms with Crippen LogP contribution in [0.1, 0.15) is 39.1 Å². The van der Waals surface area contributed by atoms with Crippen molar-refractivity contribution in [2.24, 2.45) is 0 Å². The molecule has 0 aliphatic rings. The van der Waals surface area contributed by atoms with E-state index in [4.69, 9.17) is 0 Å². The van der Waals surface area contributed by atoms with Crippen LogP contribution in [0.4, 0.5) is 0 Å². The maximum atomic E-state index is 9.67. The lowest BCUT2D eigenvalue weighted by Crippen LogP contribution is -2.11. The highest BCUT2D eigenvalue weighted by Crippen LogP contribution is 2.30. The van der Waals surface area contributed by atoms with Crippen LogP contribution in [-0.2, 0) is 11.8 Å². The molecule has 3 heteroatoms. The minimum atomic E-state index is -0.0893. The Morgan fingerprint density at radius 2 is 2.00 bits per heavy atom. The molecular formula is C9H16N2O. The standard InChI is InChI=1S/C9H16N2O/c1-5-6-7(12)8(11-10-6)9(2,3)4/h12H,5H2,1-4H3,(H,10,11). The summed E-state index contributed by atoms with van der Waals surface area (Å²) in [6.07, 6.45) is 0.787. The second-order valence-corrected chi connectivity index (χ2v) is 4.00. The number of aromatic amines is 1. The minimum Gasteiger partial charge on any atom is -0.504 e. The van der Waals surface area contributed by atoms with Crippen LogP contribution in [-0.4, -0.2) is 15.3 Å². The van der Waals surface area contributed by atoms with E-state index in [0.29, 0.717) is 5.75 Å². The minimum absolute atomic E-state index is 0.0893. The van der Waals surface area contributed by atoms with E-state index in [9.17, 15) is 5.11 Å². The van der Waals surface area contributed by atoms with Crippen molar-refractivity contribution in [2.45, 2.75) is 39.5 Å². The Bertz CT molecular complexity index is 271. The smallest absolute Gasteiger partial charge is 0.160 e. The topological polar surface area (TPSA) is 48.9 Å². The molecule has 0 aliphatic carbocycles. The number of aryl methyl sites for hydroxylation is 1. The molecule has 68 valence electrons. The summed E-state index contributed by atoms with van der Waals surface area (Å²) in [5, 5.41) is 16.6. The Morgan fingerprint density at radius 3 is 2.25 bits per heavy atom. The number of H-pyrrole nitrogens is 1. The van der Waals surface area contributed by atoms with Gasteiger partial charge in [-0.15, -0.1) is 0 Å². The second kappa shape index (κ2) is 2.81. The molecule has 0 unspecified atom stereocenters. The van der Waals surface area contributed by atoms with E-state index in [2.05, 4.69) is 10.2 Å². The Morgan fingerprint density at radius 1 is 1.42 bits per heavy atom. The number of rotatable bonds is 1. The predicted octanol–water partition coefficient (Wildman–Crippen LogP) is 1.98. The van der Waals surface area contributed by atoms with Crippen LogP contribution >= 0.6 is 0 Å². The number of aromatic nitrogens is 2. The molecule has 3 nitrogen and oxygen atoms in total. The third-order valence-electron chi connectivity index (χ3n) is 1.88. The average molecular weight is 168 g/mol. The normalized spacial score (nSPS) is 12.0. The van der Waals surface area contributed by atoms with Crippen molar-refractivity contribution in [3.05, 3.63) is 11.4 Å². The molecule has 0 saturated carbocycles. The van der Waals surface area contributed by atoms with Gasteiger partial charge in [-0.3, -0.25) is 5.10 Å². The fraction of sp³-hybridized carbons (Fsp3) is 0.667. The van der Waals surface area contributed by atoms with Crippen LogP contribution < -0.4 is 0 Å². The summed E-state index contributed by atoms with van der Waals surface area (Å²) in [5.41, 5.74) is 1.48. The molecule has 0 radical (unpaired) electrons. The van der Waals surface area contributed by atoms with Gasteiger partial charge in [0.2, 0.25) is 0 Å². The van der Waals surface area contributed by atoms with Crippen LogP contribution in [0.25, 0.3) is 0 Å². The lowest BCUT2D eigenvalue weighted by Gasteiger charge is -2.14. The molecular weight excluding hydrogens is 152 g/mol. The Labute approximate surface area is 72.8 Å². The van der Waals surface area contributed by atoms with Gasteiger partial charge in [0.05, 0.1) is 5.69 Å². The molecule has 12 heavy (non-hydrogen) atoms. The highest BCUT2D eigenvalue weighted by atomic mass is 16.3. The molecule has 0 fully saturated rings. The van der Waals surface area contributed by atoms with Gasteiger partial charge in [0.25, 0.3) is 0 Å². The maximum absolute atomic E-state index is 9.67. The summed E-state index contributed by atoms with van der Waals surface area (Å²) >= 11 is 0. The first-order valence-corrected chi connectivity index (χ1v) is 4.23. The lowest BCUT2D eigenvalue weighted by atomic mass is 9.91. The lowest BCUT2D eigenvalue weighted by molar-refractivity contribution is 0.440.